The van der Waals surface area contributed by atoms with E-state index in [9.17, 15) is 4.79 Å². The van der Waals surface area contributed by atoms with Gasteiger partial charge in [-0.05, 0) is 19.3 Å². The highest BCUT2D eigenvalue weighted by atomic mass is 16.1. The highest BCUT2D eigenvalue weighted by Crippen LogP contribution is 2.17. The van der Waals surface area contributed by atoms with E-state index in [0.717, 1.165) is 25.7 Å². The Morgan fingerprint density at radius 3 is 3.18 bits per heavy atom. The molecule has 0 N–H and O–H groups in total. The van der Waals surface area contributed by atoms with Gasteiger partial charge in [0, 0.05) is 12.3 Å². The molecule has 1 aliphatic rings. The summed E-state index contributed by atoms with van der Waals surface area (Å²) in [5.74, 6) is 0.612. The Balaban J connectivity index is 2.52. The van der Waals surface area contributed by atoms with Crippen molar-refractivity contribution in [2.75, 3.05) is 0 Å². The van der Waals surface area contributed by atoms with Crippen molar-refractivity contribution in [2.24, 2.45) is 5.92 Å². The zero-order valence-corrected chi connectivity index (χ0v) is 6.75. The molecule has 0 radical (unpaired) electrons. The van der Waals surface area contributed by atoms with E-state index in [-0.39, 0.29) is 5.92 Å². The number of hydrogen-bond acceptors (Lipinski definition) is 1. The minimum absolute atomic E-state index is 0.214. The Bertz CT molecular complexity index is 179. The molecule has 1 heteroatoms. The van der Waals surface area contributed by atoms with Crippen LogP contribution in [0.1, 0.15) is 25.7 Å². The molecule has 0 saturated heterocycles. The molecule has 0 spiro atoms. The predicted octanol–water partition coefficient (Wildman–Crippen LogP) is 2.49. The molecule has 1 nitrogen and oxygen atoms in total. The summed E-state index contributed by atoms with van der Waals surface area (Å²) < 4.78 is 0. The van der Waals surface area contributed by atoms with Crippen LogP contribution in [0.3, 0.4) is 0 Å². The Kier molecular flexibility index (Phi) is 3.09. The molecule has 1 rings (SSSR count). The van der Waals surface area contributed by atoms with Gasteiger partial charge in [0.15, 0.2) is 0 Å². The standard InChI is InChI=1S/C10H14O/c1-2-6-9-7-4-3-5-8-10(9)11/h2-4,9H,1,5-8H2. The van der Waals surface area contributed by atoms with Crippen LogP contribution in [0, 0.1) is 5.92 Å². The van der Waals surface area contributed by atoms with E-state index in [1.165, 1.54) is 0 Å². The van der Waals surface area contributed by atoms with Gasteiger partial charge < -0.3 is 0 Å². The monoisotopic (exact) mass is 150 g/mol. The Morgan fingerprint density at radius 1 is 1.64 bits per heavy atom. The molecule has 0 bridgehead atoms. The summed E-state index contributed by atoms with van der Waals surface area (Å²) in [7, 11) is 0. The van der Waals surface area contributed by atoms with Crippen LogP contribution in [-0.4, -0.2) is 5.78 Å². The molecule has 11 heavy (non-hydrogen) atoms. The first kappa shape index (κ1) is 8.25. The van der Waals surface area contributed by atoms with Crippen LogP contribution in [0.15, 0.2) is 24.8 Å². The first-order chi connectivity index (χ1) is 5.34. The molecule has 60 valence electrons. The van der Waals surface area contributed by atoms with Crippen molar-refractivity contribution >= 4 is 5.78 Å². The van der Waals surface area contributed by atoms with Crippen molar-refractivity contribution in [1.29, 1.82) is 0 Å². The Hall–Kier alpha value is -0.850. The Morgan fingerprint density at radius 2 is 2.45 bits per heavy atom. The topological polar surface area (TPSA) is 17.1 Å². The Labute approximate surface area is 67.8 Å². The van der Waals surface area contributed by atoms with Crippen molar-refractivity contribution in [3.05, 3.63) is 24.8 Å². The summed E-state index contributed by atoms with van der Waals surface area (Å²) >= 11 is 0. The molecule has 0 aromatic carbocycles. The molecule has 0 heterocycles. The number of ketones is 1. The minimum Gasteiger partial charge on any atom is -0.299 e. The molecule has 0 aromatic heterocycles. The smallest absolute Gasteiger partial charge is 0.136 e. The highest BCUT2D eigenvalue weighted by molar-refractivity contribution is 5.81. The highest BCUT2D eigenvalue weighted by Gasteiger charge is 2.16. The number of carbonyl (C=O) groups is 1. The average molecular weight is 150 g/mol. The van der Waals surface area contributed by atoms with Gasteiger partial charge in [0.05, 0.1) is 0 Å². The fourth-order valence-electron chi connectivity index (χ4n) is 1.37. The largest absolute Gasteiger partial charge is 0.299 e. The van der Waals surface area contributed by atoms with Gasteiger partial charge in [0.2, 0.25) is 0 Å². The first-order valence-corrected chi connectivity index (χ1v) is 4.13. The maximum Gasteiger partial charge on any atom is 0.136 e. The van der Waals surface area contributed by atoms with E-state index in [2.05, 4.69) is 18.7 Å². The van der Waals surface area contributed by atoms with Crippen LogP contribution in [-0.2, 0) is 4.79 Å². The first-order valence-electron chi connectivity index (χ1n) is 4.13. The number of allylic oxidation sites excluding steroid dienone is 3. The molecule has 1 unspecified atom stereocenters. The van der Waals surface area contributed by atoms with Gasteiger partial charge in [-0.2, -0.15) is 0 Å². The molecule has 1 aliphatic carbocycles. The summed E-state index contributed by atoms with van der Waals surface area (Å²) in [6.07, 6.45) is 9.43. The van der Waals surface area contributed by atoms with Gasteiger partial charge in [-0.25, -0.2) is 0 Å². The van der Waals surface area contributed by atoms with Crippen molar-refractivity contribution < 1.29 is 4.79 Å². The summed E-state index contributed by atoms with van der Waals surface area (Å²) in [5.41, 5.74) is 0. The minimum atomic E-state index is 0.214. The van der Waals surface area contributed by atoms with Crippen molar-refractivity contribution in [3.63, 3.8) is 0 Å². The zero-order valence-electron chi connectivity index (χ0n) is 6.75. The number of hydrogen-bond donors (Lipinski definition) is 0. The molecule has 0 aromatic rings. The summed E-state index contributed by atoms with van der Waals surface area (Å²) in [5, 5.41) is 0. The predicted molar refractivity (Wildman–Crippen MR) is 46.3 cm³/mol. The second kappa shape index (κ2) is 4.12. The quantitative estimate of drug-likeness (QED) is 0.553. The van der Waals surface area contributed by atoms with Gasteiger partial charge in [0.25, 0.3) is 0 Å². The van der Waals surface area contributed by atoms with Crippen molar-refractivity contribution in [1.82, 2.24) is 0 Å². The summed E-state index contributed by atoms with van der Waals surface area (Å²) in [6.45, 7) is 3.64. The number of carbonyl (C=O) groups excluding carboxylic acids is 1. The van der Waals surface area contributed by atoms with Crippen LogP contribution in [0.4, 0.5) is 0 Å². The number of Topliss-reactive ketones (excluding diaryl/α,β-unsaturated/α-hetero) is 1. The molecule has 0 aliphatic heterocycles. The normalized spacial score (nSPS) is 24.7. The third-order valence-electron chi connectivity index (χ3n) is 2.05. The van der Waals surface area contributed by atoms with Crippen LogP contribution < -0.4 is 0 Å². The fraction of sp³-hybridized carbons (Fsp3) is 0.500. The molecular formula is C10H14O. The van der Waals surface area contributed by atoms with E-state index in [1.54, 1.807) is 0 Å². The van der Waals surface area contributed by atoms with Gasteiger partial charge in [-0.1, -0.05) is 18.2 Å². The van der Waals surface area contributed by atoms with E-state index in [4.69, 9.17) is 0 Å². The second-order valence-electron chi connectivity index (χ2n) is 2.93. The third kappa shape index (κ3) is 2.34. The van der Waals surface area contributed by atoms with Crippen molar-refractivity contribution in [2.45, 2.75) is 25.7 Å². The van der Waals surface area contributed by atoms with E-state index in [0.29, 0.717) is 5.78 Å². The molecule has 0 amide bonds. The molecule has 1 atom stereocenters. The fourth-order valence-corrected chi connectivity index (χ4v) is 1.37. The zero-order chi connectivity index (χ0) is 8.10. The maximum atomic E-state index is 11.3. The molecule has 0 fully saturated rings. The van der Waals surface area contributed by atoms with E-state index in [1.807, 2.05) is 6.08 Å². The maximum absolute atomic E-state index is 11.3. The summed E-state index contributed by atoms with van der Waals surface area (Å²) in [6, 6.07) is 0. The molecule has 0 saturated carbocycles. The summed E-state index contributed by atoms with van der Waals surface area (Å²) in [4.78, 5) is 11.3. The van der Waals surface area contributed by atoms with Crippen LogP contribution in [0.5, 0.6) is 0 Å². The van der Waals surface area contributed by atoms with Crippen LogP contribution in [0.2, 0.25) is 0 Å². The van der Waals surface area contributed by atoms with Gasteiger partial charge in [-0.3, -0.25) is 4.79 Å². The lowest BCUT2D eigenvalue weighted by Crippen LogP contribution is -2.11. The van der Waals surface area contributed by atoms with Gasteiger partial charge in [0.1, 0.15) is 5.78 Å². The second-order valence-corrected chi connectivity index (χ2v) is 2.93. The van der Waals surface area contributed by atoms with Crippen LogP contribution >= 0.6 is 0 Å². The third-order valence-corrected chi connectivity index (χ3v) is 2.05. The van der Waals surface area contributed by atoms with E-state index >= 15 is 0 Å². The lowest BCUT2D eigenvalue weighted by Gasteiger charge is -2.07. The SMILES string of the molecule is C=CCC1CC=CCCC1=O. The number of rotatable bonds is 2. The van der Waals surface area contributed by atoms with Gasteiger partial charge in [-0.15, -0.1) is 6.58 Å². The average Bonchev–Trinajstić information content (AvgIpc) is 2.18. The van der Waals surface area contributed by atoms with Crippen LogP contribution in [0.25, 0.3) is 0 Å². The lowest BCUT2D eigenvalue weighted by atomic mass is 9.96. The lowest BCUT2D eigenvalue weighted by molar-refractivity contribution is -0.122. The van der Waals surface area contributed by atoms with E-state index < -0.39 is 0 Å². The van der Waals surface area contributed by atoms with Gasteiger partial charge >= 0.3 is 0 Å². The van der Waals surface area contributed by atoms with Crippen molar-refractivity contribution in [3.8, 4) is 0 Å². The molecular weight excluding hydrogens is 136 g/mol.